The lowest BCUT2D eigenvalue weighted by Crippen LogP contribution is -2.44. The van der Waals surface area contributed by atoms with E-state index in [0.29, 0.717) is 11.6 Å². The third-order valence-electron chi connectivity index (χ3n) is 4.28. The molecular formula is C15H19ClN2O2. The Balaban J connectivity index is 1.86. The molecule has 2 fully saturated rings. The molecule has 0 bridgehead atoms. The van der Waals surface area contributed by atoms with Crippen molar-refractivity contribution in [3.05, 3.63) is 34.9 Å². The second-order valence-corrected chi connectivity index (χ2v) is 5.84. The van der Waals surface area contributed by atoms with Gasteiger partial charge in [0, 0.05) is 12.1 Å². The molecule has 4 nitrogen and oxygen atoms in total. The third kappa shape index (κ3) is 2.43. The number of hydrogen-bond acceptors (Lipinski definition) is 3. The fourth-order valence-electron chi connectivity index (χ4n) is 3.32. The Morgan fingerprint density at radius 1 is 1.30 bits per heavy atom. The molecule has 0 radical (unpaired) electrons. The lowest BCUT2D eigenvalue weighted by molar-refractivity contribution is -0.132. The van der Waals surface area contributed by atoms with Gasteiger partial charge in [0.05, 0.1) is 18.7 Å². The largest absolute Gasteiger partial charge is 0.379 e. The number of nitrogens with zero attached hydrogens (tertiary/aromatic N) is 1. The van der Waals surface area contributed by atoms with E-state index in [4.69, 9.17) is 16.3 Å². The van der Waals surface area contributed by atoms with Crippen molar-refractivity contribution in [2.75, 3.05) is 13.7 Å². The van der Waals surface area contributed by atoms with Crippen LogP contribution in [0.5, 0.6) is 0 Å². The minimum atomic E-state index is -0.0690. The van der Waals surface area contributed by atoms with Crippen LogP contribution in [0.25, 0.3) is 0 Å². The summed E-state index contributed by atoms with van der Waals surface area (Å²) < 4.78 is 5.55. The van der Waals surface area contributed by atoms with Crippen LogP contribution in [0.2, 0.25) is 5.02 Å². The van der Waals surface area contributed by atoms with Crippen molar-refractivity contribution in [2.24, 2.45) is 0 Å². The summed E-state index contributed by atoms with van der Waals surface area (Å²) in [4.78, 5) is 14.2. The predicted molar refractivity (Wildman–Crippen MR) is 77.5 cm³/mol. The number of methoxy groups -OCH3 is 1. The van der Waals surface area contributed by atoms with E-state index in [1.54, 1.807) is 7.11 Å². The normalized spacial score (nSPS) is 30.2. The lowest BCUT2D eigenvalue weighted by Gasteiger charge is -2.33. The van der Waals surface area contributed by atoms with Crippen LogP contribution in [-0.2, 0) is 9.53 Å². The van der Waals surface area contributed by atoms with Gasteiger partial charge in [0.25, 0.3) is 0 Å². The van der Waals surface area contributed by atoms with Gasteiger partial charge >= 0.3 is 0 Å². The van der Waals surface area contributed by atoms with Gasteiger partial charge in [0.15, 0.2) is 0 Å². The molecule has 108 valence electrons. The quantitative estimate of drug-likeness (QED) is 0.930. The third-order valence-corrected chi connectivity index (χ3v) is 4.53. The van der Waals surface area contributed by atoms with Gasteiger partial charge in [0.2, 0.25) is 5.91 Å². The number of rotatable bonds is 3. The molecule has 1 saturated heterocycles. The summed E-state index contributed by atoms with van der Waals surface area (Å²) in [5, 5.41) is 4.00. The first-order valence-electron chi connectivity index (χ1n) is 7.03. The summed E-state index contributed by atoms with van der Waals surface area (Å²) in [7, 11) is 1.73. The van der Waals surface area contributed by atoms with Crippen molar-refractivity contribution in [2.45, 2.75) is 37.6 Å². The van der Waals surface area contributed by atoms with Crippen LogP contribution in [0.15, 0.2) is 24.3 Å². The summed E-state index contributed by atoms with van der Waals surface area (Å²) in [6.45, 7) is 0.389. The van der Waals surface area contributed by atoms with Crippen LogP contribution in [0.3, 0.4) is 0 Å². The highest BCUT2D eigenvalue weighted by molar-refractivity contribution is 6.30. The van der Waals surface area contributed by atoms with Crippen molar-refractivity contribution < 1.29 is 9.53 Å². The predicted octanol–water partition coefficient (Wildman–Crippen LogP) is 2.34. The molecule has 5 heteroatoms. The summed E-state index contributed by atoms with van der Waals surface area (Å²) in [6, 6.07) is 7.84. The minimum absolute atomic E-state index is 0.0690. The maximum Gasteiger partial charge on any atom is 0.238 e. The van der Waals surface area contributed by atoms with Gasteiger partial charge in [-0.05, 0) is 37.0 Å². The molecule has 3 atom stereocenters. The van der Waals surface area contributed by atoms with Crippen molar-refractivity contribution in [3.8, 4) is 0 Å². The van der Waals surface area contributed by atoms with E-state index in [1.807, 2.05) is 29.2 Å². The van der Waals surface area contributed by atoms with Gasteiger partial charge in [0.1, 0.15) is 6.17 Å². The average molecular weight is 295 g/mol. The van der Waals surface area contributed by atoms with Crippen LogP contribution < -0.4 is 5.32 Å². The standard InChI is InChI=1S/C15H19ClN2O2/c1-20-13-4-2-3-12(13)18-14(19)9-17-15(18)10-5-7-11(16)8-6-10/h5-8,12-13,15,17H,2-4,9H2,1H3. The van der Waals surface area contributed by atoms with E-state index in [2.05, 4.69) is 5.32 Å². The zero-order valence-corrected chi connectivity index (χ0v) is 12.3. The molecule has 1 aliphatic carbocycles. The van der Waals surface area contributed by atoms with Crippen molar-refractivity contribution in [1.29, 1.82) is 0 Å². The van der Waals surface area contributed by atoms with E-state index in [9.17, 15) is 4.79 Å². The molecule has 1 N–H and O–H groups in total. The van der Waals surface area contributed by atoms with E-state index < -0.39 is 0 Å². The number of amides is 1. The maximum atomic E-state index is 12.3. The SMILES string of the molecule is COC1CCCC1N1C(=O)CNC1c1ccc(Cl)cc1. The van der Waals surface area contributed by atoms with Gasteiger partial charge in [-0.15, -0.1) is 0 Å². The number of carbonyl (C=O) groups is 1. The Labute approximate surface area is 124 Å². The monoisotopic (exact) mass is 294 g/mol. The molecule has 1 aromatic carbocycles. The molecule has 3 rings (SSSR count). The molecular weight excluding hydrogens is 276 g/mol. The first-order chi connectivity index (χ1) is 9.70. The van der Waals surface area contributed by atoms with Crippen LogP contribution in [0, 0.1) is 0 Å². The Bertz CT molecular complexity index is 491. The summed E-state index contributed by atoms with van der Waals surface area (Å²) >= 11 is 5.94. The molecule has 3 unspecified atom stereocenters. The Kier molecular flexibility index (Phi) is 3.96. The lowest BCUT2D eigenvalue weighted by atomic mass is 10.1. The van der Waals surface area contributed by atoms with E-state index in [1.165, 1.54) is 0 Å². The molecule has 0 spiro atoms. The van der Waals surface area contributed by atoms with Crippen molar-refractivity contribution >= 4 is 17.5 Å². The van der Waals surface area contributed by atoms with Gasteiger partial charge in [-0.25, -0.2) is 0 Å². The van der Waals surface area contributed by atoms with Gasteiger partial charge in [-0.2, -0.15) is 0 Å². The number of carbonyl (C=O) groups excluding carboxylic acids is 1. The Morgan fingerprint density at radius 3 is 2.75 bits per heavy atom. The number of benzene rings is 1. The number of hydrogen-bond donors (Lipinski definition) is 1. The van der Waals surface area contributed by atoms with Crippen molar-refractivity contribution in [1.82, 2.24) is 10.2 Å². The highest BCUT2D eigenvalue weighted by Crippen LogP contribution is 2.34. The summed E-state index contributed by atoms with van der Waals surface area (Å²) in [6.07, 6.45) is 3.23. The molecule has 2 aliphatic rings. The van der Waals surface area contributed by atoms with E-state index in [0.717, 1.165) is 24.8 Å². The molecule has 20 heavy (non-hydrogen) atoms. The molecule has 1 heterocycles. The summed E-state index contributed by atoms with van der Waals surface area (Å²) in [5.41, 5.74) is 1.07. The molecule has 1 aromatic rings. The highest BCUT2D eigenvalue weighted by atomic mass is 35.5. The maximum absolute atomic E-state index is 12.3. The number of halogens is 1. The zero-order chi connectivity index (χ0) is 14.1. The fraction of sp³-hybridized carbons (Fsp3) is 0.533. The number of ether oxygens (including phenoxy) is 1. The topological polar surface area (TPSA) is 41.6 Å². The molecule has 1 amide bonds. The van der Waals surface area contributed by atoms with Gasteiger partial charge < -0.3 is 9.64 Å². The smallest absolute Gasteiger partial charge is 0.238 e. The van der Waals surface area contributed by atoms with E-state index >= 15 is 0 Å². The van der Waals surface area contributed by atoms with Crippen LogP contribution >= 0.6 is 11.6 Å². The highest BCUT2D eigenvalue weighted by Gasteiger charge is 2.42. The van der Waals surface area contributed by atoms with Gasteiger partial charge in [-0.3, -0.25) is 10.1 Å². The Hall–Kier alpha value is -1.10. The fourth-order valence-corrected chi connectivity index (χ4v) is 3.44. The minimum Gasteiger partial charge on any atom is -0.379 e. The zero-order valence-electron chi connectivity index (χ0n) is 11.5. The molecule has 1 aliphatic heterocycles. The van der Waals surface area contributed by atoms with E-state index in [-0.39, 0.29) is 24.2 Å². The van der Waals surface area contributed by atoms with Crippen molar-refractivity contribution in [3.63, 3.8) is 0 Å². The second kappa shape index (κ2) is 5.72. The van der Waals surface area contributed by atoms with Crippen LogP contribution in [0.1, 0.15) is 31.0 Å². The first kappa shape index (κ1) is 13.9. The first-order valence-corrected chi connectivity index (χ1v) is 7.41. The average Bonchev–Trinajstić information content (AvgIpc) is 3.05. The molecule has 1 saturated carbocycles. The van der Waals surface area contributed by atoms with Crippen LogP contribution in [-0.4, -0.2) is 36.6 Å². The van der Waals surface area contributed by atoms with Crippen LogP contribution in [0.4, 0.5) is 0 Å². The summed E-state index contributed by atoms with van der Waals surface area (Å²) in [5.74, 6) is 0.152. The number of nitrogens with one attached hydrogen (secondary N) is 1. The second-order valence-electron chi connectivity index (χ2n) is 5.41. The Morgan fingerprint density at radius 2 is 2.05 bits per heavy atom. The molecule has 0 aromatic heterocycles. The van der Waals surface area contributed by atoms with Gasteiger partial charge in [-0.1, -0.05) is 23.7 Å².